The Morgan fingerprint density at radius 3 is 2.72 bits per heavy atom. The van der Waals surface area contributed by atoms with Crippen LogP contribution in [0.2, 0.25) is 0 Å². The number of hydrogen-bond donors (Lipinski definition) is 0. The van der Waals surface area contributed by atoms with Crippen molar-refractivity contribution in [2.45, 2.75) is 26.4 Å². The molecule has 0 aliphatic carbocycles. The van der Waals surface area contributed by atoms with Gasteiger partial charge in [0, 0.05) is 5.56 Å². The van der Waals surface area contributed by atoms with E-state index in [0.717, 1.165) is 4.68 Å². The monoisotopic (exact) mass is 247 g/mol. The SMILES string of the molecule is CC(C)(C)OC(=O)n1nnc2ccc(C=O)cc21. The molecule has 1 aromatic heterocycles. The molecule has 0 radical (unpaired) electrons. The fourth-order valence-corrected chi connectivity index (χ4v) is 1.45. The first-order chi connectivity index (χ1) is 8.40. The molecular weight excluding hydrogens is 234 g/mol. The number of carbonyl (C=O) groups excluding carboxylic acids is 2. The quantitative estimate of drug-likeness (QED) is 0.721. The summed E-state index contributed by atoms with van der Waals surface area (Å²) < 4.78 is 6.25. The molecule has 6 heteroatoms. The Bertz CT molecular complexity index is 611. The second-order valence-electron chi connectivity index (χ2n) is 4.85. The number of hydrogen-bond acceptors (Lipinski definition) is 5. The van der Waals surface area contributed by atoms with E-state index in [1.54, 1.807) is 39.0 Å². The number of carbonyl (C=O) groups is 2. The summed E-state index contributed by atoms with van der Waals surface area (Å²) in [6.07, 6.45) is 0.0827. The maximum atomic E-state index is 11.9. The first kappa shape index (κ1) is 12.2. The molecule has 0 fully saturated rings. The molecule has 0 saturated carbocycles. The van der Waals surface area contributed by atoms with Crippen LogP contribution in [-0.4, -0.2) is 33.0 Å². The number of aldehydes is 1. The first-order valence-electron chi connectivity index (χ1n) is 5.45. The van der Waals surface area contributed by atoms with Crippen LogP contribution in [0.4, 0.5) is 4.79 Å². The predicted molar refractivity (Wildman–Crippen MR) is 64.5 cm³/mol. The van der Waals surface area contributed by atoms with Gasteiger partial charge in [0.1, 0.15) is 22.9 Å². The van der Waals surface area contributed by atoms with Crippen molar-refractivity contribution < 1.29 is 14.3 Å². The van der Waals surface area contributed by atoms with Gasteiger partial charge in [-0.15, -0.1) is 9.78 Å². The zero-order valence-electron chi connectivity index (χ0n) is 10.4. The number of aromatic nitrogens is 3. The van der Waals surface area contributed by atoms with Crippen molar-refractivity contribution in [2.75, 3.05) is 0 Å². The summed E-state index contributed by atoms with van der Waals surface area (Å²) in [5, 5.41) is 7.57. The normalized spacial score (nSPS) is 11.5. The predicted octanol–water partition coefficient (Wildman–Crippen LogP) is 2.03. The van der Waals surface area contributed by atoms with Gasteiger partial charge in [-0.2, -0.15) is 0 Å². The van der Waals surface area contributed by atoms with Crippen LogP contribution in [0.1, 0.15) is 31.1 Å². The van der Waals surface area contributed by atoms with E-state index < -0.39 is 11.7 Å². The summed E-state index contributed by atoms with van der Waals surface area (Å²) in [5.41, 5.74) is 0.826. The highest BCUT2D eigenvalue weighted by atomic mass is 16.6. The second kappa shape index (κ2) is 4.21. The third kappa shape index (κ3) is 2.37. The van der Waals surface area contributed by atoms with E-state index >= 15 is 0 Å². The zero-order valence-corrected chi connectivity index (χ0v) is 10.4. The van der Waals surface area contributed by atoms with Crippen molar-refractivity contribution >= 4 is 23.4 Å². The highest BCUT2D eigenvalue weighted by Gasteiger charge is 2.20. The molecule has 0 saturated heterocycles. The molecule has 94 valence electrons. The average Bonchev–Trinajstić information content (AvgIpc) is 2.69. The molecule has 2 rings (SSSR count). The van der Waals surface area contributed by atoms with Crippen LogP contribution in [0.25, 0.3) is 11.0 Å². The molecule has 18 heavy (non-hydrogen) atoms. The zero-order chi connectivity index (χ0) is 13.3. The molecule has 1 heterocycles. The fourth-order valence-electron chi connectivity index (χ4n) is 1.45. The van der Waals surface area contributed by atoms with E-state index in [2.05, 4.69) is 10.3 Å². The van der Waals surface area contributed by atoms with E-state index in [-0.39, 0.29) is 0 Å². The lowest BCUT2D eigenvalue weighted by molar-refractivity contribution is 0.0519. The third-order valence-electron chi connectivity index (χ3n) is 2.17. The molecule has 0 N–H and O–H groups in total. The molecule has 1 aromatic carbocycles. The molecular formula is C12H13N3O3. The summed E-state index contributed by atoms with van der Waals surface area (Å²) in [5.74, 6) is 0. The molecule has 0 bridgehead atoms. The van der Waals surface area contributed by atoms with Crippen molar-refractivity contribution in [1.82, 2.24) is 15.0 Å². The molecule has 0 unspecified atom stereocenters. The molecule has 0 aliphatic rings. The van der Waals surface area contributed by atoms with Crippen molar-refractivity contribution in [2.24, 2.45) is 0 Å². The van der Waals surface area contributed by atoms with Crippen LogP contribution in [0.3, 0.4) is 0 Å². The van der Waals surface area contributed by atoms with E-state index in [0.29, 0.717) is 22.9 Å². The van der Waals surface area contributed by atoms with Gasteiger partial charge in [0.05, 0.1) is 0 Å². The third-order valence-corrected chi connectivity index (χ3v) is 2.17. The number of fused-ring (bicyclic) bond motifs is 1. The standard InChI is InChI=1S/C12H13N3O3/c1-12(2,3)18-11(17)15-10-6-8(7-16)4-5-9(10)13-14-15/h4-7H,1-3H3. The maximum Gasteiger partial charge on any atom is 0.437 e. The van der Waals surface area contributed by atoms with Crippen molar-refractivity contribution in [3.8, 4) is 0 Å². The topological polar surface area (TPSA) is 74.1 Å². The van der Waals surface area contributed by atoms with Crippen LogP contribution in [0.5, 0.6) is 0 Å². The molecule has 0 spiro atoms. The van der Waals surface area contributed by atoms with Crippen LogP contribution in [0, 0.1) is 0 Å². The van der Waals surface area contributed by atoms with Crippen molar-refractivity contribution in [1.29, 1.82) is 0 Å². The lowest BCUT2D eigenvalue weighted by atomic mass is 10.2. The lowest BCUT2D eigenvalue weighted by Gasteiger charge is -2.18. The highest BCUT2D eigenvalue weighted by molar-refractivity contribution is 5.89. The molecule has 0 aliphatic heterocycles. The number of benzene rings is 1. The van der Waals surface area contributed by atoms with Gasteiger partial charge in [-0.1, -0.05) is 5.21 Å². The molecule has 6 nitrogen and oxygen atoms in total. The summed E-state index contributed by atoms with van der Waals surface area (Å²) in [4.78, 5) is 22.6. The van der Waals surface area contributed by atoms with Crippen LogP contribution >= 0.6 is 0 Å². The van der Waals surface area contributed by atoms with E-state index in [1.165, 1.54) is 0 Å². The Labute approximate surface area is 104 Å². The Kier molecular flexibility index (Phi) is 2.86. The van der Waals surface area contributed by atoms with Gasteiger partial charge < -0.3 is 4.74 Å². The smallest absolute Gasteiger partial charge is 0.437 e. The number of ether oxygens (including phenoxy) is 1. The minimum atomic E-state index is -0.618. The van der Waals surface area contributed by atoms with Crippen LogP contribution in [0.15, 0.2) is 18.2 Å². The Morgan fingerprint density at radius 1 is 1.39 bits per heavy atom. The van der Waals surface area contributed by atoms with E-state index in [1.807, 2.05) is 0 Å². The summed E-state index contributed by atoms with van der Waals surface area (Å²) in [6.45, 7) is 5.29. The van der Waals surface area contributed by atoms with Gasteiger partial charge in [-0.05, 0) is 39.0 Å². The van der Waals surface area contributed by atoms with Crippen molar-refractivity contribution in [3.05, 3.63) is 23.8 Å². The second-order valence-corrected chi connectivity index (χ2v) is 4.85. The fraction of sp³-hybridized carbons (Fsp3) is 0.333. The van der Waals surface area contributed by atoms with Gasteiger partial charge in [0.25, 0.3) is 0 Å². The minimum absolute atomic E-state index is 0.453. The van der Waals surface area contributed by atoms with Gasteiger partial charge in [0.2, 0.25) is 0 Å². The van der Waals surface area contributed by atoms with Gasteiger partial charge in [0.15, 0.2) is 0 Å². The Hall–Kier alpha value is -2.24. The largest absolute Gasteiger partial charge is 0.442 e. The van der Waals surface area contributed by atoms with Gasteiger partial charge in [-0.25, -0.2) is 4.79 Å². The highest BCUT2D eigenvalue weighted by Crippen LogP contribution is 2.15. The summed E-state index contributed by atoms with van der Waals surface area (Å²) in [7, 11) is 0. The summed E-state index contributed by atoms with van der Waals surface area (Å²) >= 11 is 0. The molecule has 0 amide bonds. The molecule has 0 atom stereocenters. The first-order valence-corrected chi connectivity index (χ1v) is 5.45. The number of nitrogens with zero attached hydrogens (tertiary/aromatic N) is 3. The average molecular weight is 247 g/mol. The maximum absolute atomic E-state index is 11.9. The minimum Gasteiger partial charge on any atom is -0.442 e. The van der Waals surface area contributed by atoms with Crippen LogP contribution in [-0.2, 0) is 4.74 Å². The number of rotatable bonds is 1. The summed E-state index contributed by atoms with van der Waals surface area (Å²) in [6, 6.07) is 4.79. The van der Waals surface area contributed by atoms with Gasteiger partial charge >= 0.3 is 6.09 Å². The van der Waals surface area contributed by atoms with Gasteiger partial charge in [-0.3, -0.25) is 4.79 Å². The van der Waals surface area contributed by atoms with Crippen molar-refractivity contribution in [3.63, 3.8) is 0 Å². The van der Waals surface area contributed by atoms with E-state index in [4.69, 9.17) is 4.74 Å². The van der Waals surface area contributed by atoms with Crippen LogP contribution < -0.4 is 0 Å². The Morgan fingerprint density at radius 2 is 2.11 bits per heavy atom. The Balaban J connectivity index is 2.45. The molecule has 2 aromatic rings. The van der Waals surface area contributed by atoms with E-state index in [9.17, 15) is 9.59 Å². The lowest BCUT2D eigenvalue weighted by Crippen LogP contribution is -2.27.